The van der Waals surface area contributed by atoms with Crippen molar-refractivity contribution >= 4 is 40.9 Å². The van der Waals surface area contributed by atoms with Gasteiger partial charge in [-0.25, -0.2) is 4.79 Å². The molecule has 1 saturated heterocycles. The molecule has 0 spiro atoms. The fourth-order valence-corrected chi connectivity index (χ4v) is 2.96. The van der Waals surface area contributed by atoms with Crippen LogP contribution in [-0.2, 0) is 9.53 Å². The molecule has 5 nitrogen and oxygen atoms in total. The first-order chi connectivity index (χ1) is 11.6. The number of halogens is 5. The molecule has 2 rings (SSSR count). The molecule has 1 aromatic carbocycles. The fourth-order valence-electron chi connectivity index (χ4n) is 2.43. The second-order valence-electron chi connectivity index (χ2n) is 5.58. The molecular weight excluding hydrogens is 384 g/mol. The van der Waals surface area contributed by atoms with Crippen LogP contribution in [0.15, 0.2) is 18.2 Å². The molecule has 138 valence electrons. The van der Waals surface area contributed by atoms with Crippen LogP contribution in [-0.4, -0.2) is 42.8 Å². The van der Waals surface area contributed by atoms with E-state index in [1.165, 1.54) is 6.07 Å². The van der Waals surface area contributed by atoms with E-state index < -0.39 is 18.9 Å². The van der Waals surface area contributed by atoms with Gasteiger partial charge in [-0.1, -0.05) is 23.2 Å². The predicted molar refractivity (Wildman–Crippen MR) is 86.8 cm³/mol. The minimum absolute atomic E-state index is 0.144. The minimum atomic E-state index is -4.56. The molecular formula is C15H15Cl2F3N2O3. The molecule has 1 aliphatic rings. The van der Waals surface area contributed by atoms with Gasteiger partial charge in [0, 0.05) is 34.7 Å². The molecule has 1 N–H and O–H groups in total. The van der Waals surface area contributed by atoms with Gasteiger partial charge in [0.05, 0.1) is 0 Å². The summed E-state index contributed by atoms with van der Waals surface area (Å²) in [5.41, 5.74) is 0.453. The summed E-state index contributed by atoms with van der Waals surface area (Å²) in [7, 11) is 0. The maximum atomic E-state index is 12.2. The third kappa shape index (κ3) is 6.28. The Labute approximate surface area is 152 Å². The second-order valence-corrected chi connectivity index (χ2v) is 6.45. The first-order valence-electron chi connectivity index (χ1n) is 7.39. The van der Waals surface area contributed by atoms with Crippen molar-refractivity contribution in [3.05, 3.63) is 28.2 Å². The lowest BCUT2D eigenvalue weighted by Gasteiger charge is -2.30. The highest BCUT2D eigenvalue weighted by atomic mass is 35.5. The highest BCUT2D eigenvalue weighted by molar-refractivity contribution is 6.35. The second kappa shape index (κ2) is 8.14. The van der Waals surface area contributed by atoms with Crippen molar-refractivity contribution in [1.82, 2.24) is 4.90 Å². The van der Waals surface area contributed by atoms with Gasteiger partial charge in [0.1, 0.15) is 0 Å². The van der Waals surface area contributed by atoms with E-state index in [0.717, 1.165) is 4.90 Å². The molecule has 0 unspecified atom stereocenters. The molecule has 0 aromatic heterocycles. The van der Waals surface area contributed by atoms with Crippen LogP contribution in [0.5, 0.6) is 0 Å². The average Bonchev–Trinajstić information content (AvgIpc) is 2.51. The minimum Gasteiger partial charge on any atom is -0.440 e. The van der Waals surface area contributed by atoms with Gasteiger partial charge in [-0.3, -0.25) is 4.79 Å². The number of nitrogens with one attached hydrogen (secondary N) is 1. The van der Waals surface area contributed by atoms with E-state index in [9.17, 15) is 22.8 Å². The van der Waals surface area contributed by atoms with E-state index in [2.05, 4.69) is 10.1 Å². The lowest BCUT2D eigenvalue weighted by molar-refractivity contribution is -0.162. The molecule has 25 heavy (non-hydrogen) atoms. The Bertz CT molecular complexity index is 627. The van der Waals surface area contributed by atoms with Crippen molar-refractivity contribution in [3.8, 4) is 0 Å². The summed E-state index contributed by atoms with van der Waals surface area (Å²) in [5, 5.41) is 3.45. The van der Waals surface area contributed by atoms with Crippen LogP contribution >= 0.6 is 23.2 Å². The van der Waals surface area contributed by atoms with Crippen molar-refractivity contribution in [1.29, 1.82) is 0 Å². The lowest BCUT2D eigenvalue weighted by atomic mass is 9.96. The van der Waals surface area contributed by atoms with E-state index in [1.54, 1.807) is 12.1 Å². The summed E-state index contributed by atoms with van der Waals surface area (Å²) in [5.74, 6) is -0.633. The van der Waals surface area contributed by atoms with E-state index in [1.807, 2.05) is 0 Å². The Morgan fingerprint density at radius 3 is 2.24 bits per heavy atom. The van der Waals surface area contributed by atoms with Gasteiger partial charge in [-0.05, 0) is 31.0 Å². The van der Waals surface area contributed by atoms with Crippen molar-refractivity contribution < 1.29 is 27.5 Å². The van der Waals surface area contributed by atoms with Gasteiger partial charge in [-0.2, -0.15) is 13.2 Å². The molecule has 10 heteroatoms. The molecule has 0 saturated carbocycles. The SMILES string of the molecule is O=C(Nc1cc(Cl)cc(Cl)c1)C1CCN(C(=O)OCC(F)(F)F)CC1. The van der Waals surface area contributed by atoms with Gasteiger partial charge in [0.15, 0.2) is 6.61 Å². The molecule has 0 atom stereocenters. The number of hydrogen-bond donors (Lipinski definition) is 1. The van der Waals surface area contributed by atoms with Crippen LogP contribution in [0, 0.1) is 5.92 Å². The number of alkyl halides is 3. The lowest BCUT2D eigenvalue weighted by Crippen LogP contribution is -2.42. The number of rotatable bonds is 3. The normalized spacial score (nSPS) is 15.8. The molecule has 0 bridgehead atoms. The van der Waals surface area contributed by atoms with Gasteiger partial charge in [0.2, 0.25) is 5.91 Å². The smallest absolute Gasteiger partial charge is 0.422 e. The summed E-state index contributed by atoms with van der Waals surface area (Å²) in [6.45, 7) is -1.34. The number of amides is 2. The molecule has 1 fully saturated rings. The van der Waals surface area contributed by atoms with Gasteiger partial charge < -0.3 is 15.0 Å². The van der Waals surface area contributed by atoms with Crippen LogP contribution < -0.4 is 5.32 Å². The topological polar surface area (TPSA) is 58.6 Å². The van der Waals surface area contributed by atoms with E-state index in [4.69, 9.17) is 23.2 Å². The first-order valence-corrected chi connectivity index (χ1v) is 8.15. The van der Waals surface area contributed by atoms with Crippen LogP contribution in [0.1, 0.15) is 12.8 Å². The maximum Gasteiger partial charge on any atom is 0.422 e. The molecule has 1 aromatic rings. The summed E-state index contributed by atoms with van der Waals surface area (Å²) in [4.78, 5) is 25.0. The van der Waals surface area contributed by atoms with Crippen molar-refractivity contribution in [3.63, 3.8) is 0 Å². The number of carbonyl (C=O) groups is 2. The fraction of sp³-hybridized carbons (Fsp3) is 0.467. The number of ether oxygens (including phenoxy) is 1. The number of anilines is 1. The zero-order valence-corrected chi connectivity index (χ0v) is 14.4. The van der Waals surface area contributed by atoms with Gasteiger partial charge in [0.25, 0.3) is 0 Å². The molecule has 0 radical (unpaired) electrons. The van der Waals surface area contributed by atoms with Crippen LogP contribution in [0.3, 0.4) is 0 Å². The van der Waals surface area contributed by atoms with E-state index >= 15 is 0 Å². The molecule has 1 heterocycles. The Morgan fingerprint density at radius 2 is 1.72 bits per heavy atom. The predicted octanol–water partition coefficient (Wildman–Crippen LogP) is 4.34. The van der Waals surface area contributed by atoms with Crippen LogP contribution in [0.4, 0.5) is 23.7 Å². The highest BCUT2D eigenvalue weighted by Gasteiger charge is 2.33. The van der Waals surface area contributed by atoms with Gasteiger partial charge >= 0.3 is 12.3 Å². The van der Waals surface area contributed by atoms with Crippen LogP contribution in [0.25, 0.3) is 0 Å². The number of nitrogens with zero attached hydrogens (tertiary/aromatic N) is 1. The highest BCUT2D eigenvalue weighted by Crippen LogP contribution is 2.25. The molecule has 0 aliphatic carbocycles. The monoisotopic (exact) mass is 398 g/mol. The van der Waals surface area contributed by atoms with Gasteiger partial charge in [-0.15, -0.1) is 0 Å². The zero-order chi connectivity index (χ0) is 18.6. The first kappa shape index (κ1) is 19.7. The summed E-state index contributed by atoms with van der Waals surface area (Å²) >= 11 is 11.7. The third-order valence-corrected chi connectivity index (χ3v) is 4.05. The number of carbonyl (C=O) groups excluding carboxylic acids is 2. The van der Waals surface area contributed by atoms with Crippen molar-refractivity contribution in [2.75, 3.05) is 25.0 Å². The number of benzene rings is 1. The average molecular weight is 399 g/mol. The van der Waals surface area contributed by atoms with Crippen LogP contribution in [0.2, 0.25) is 10.0 Å². The Hall–Kier alpha value is -1.67. The quantitative estimate of drug-likeness (QED) is 0.823. The molecule has 1 aliphatic heterocycles. The zero-order valence-electron chi connectivity index (χ0n) is 12.9. The largest absolute Gasteiger partial charge is 0.440 e. The van der Waals surface area contributed by atoms with Crippen molar-refractivity contribution in [2.24, 2.45) is 5.92 Å². The standard InChI is InChI=1S/C15H15Cl2F3N2O3/c16-10-5-11(17)7-12(6-10)21-13(23)9-1-3-22(4-2-9)14(24)25-8-15(18,19)20/h5-7,9H,1-4,8H2,(H,21,23). The number of piperidine rings is 1. The Kier molecular flexibility index (Phi) is 6.40. The summed E-state index contributed by atoms with van der Waals surface area (Å²) in [6, 6.07) is 4.63. The van der Waals surface area contributed by atoms with E-state index in [0.29, 0.717) is 28.6 Å². The Balaban J connectivity index is 1.83. The Morgan fingerprint density at radius 1 is 1.16 bits per heavy atom. The maximum absolute atomic E-state index is 12.2. The summed E-state index contributed by atoms with van der Waals surface area (Å²) < 4.78 is 40.3. The third-order valence-electron chi connectivity index (χ3n) is 3.61. The number of likely N-dealkylation sites (tertiary alicyclic amines) is 1. The van der Waals surface area contributed by atoms with Crippen molar-refractivity contribution in [2.45, 2.75) is 19.0 Å². The summed E-state index contributed by atoms with van der Waals surface area (Å²) in [6.07, 6.45) is -4.95. The van der Waals surface area contributed by atoms with E-state index in [-0.39, 0.29) is 24.9 Å². The number of hydrogen-bond acceptors (Lipinski definition) is 3. The molecule has 2 amide bonds.